The third-order valence-electron chi connectivity index (χ3n) is 4.16. The highest BCUT2D eigenvalue weighted by atomic mass is 35.5. The highest BCUT2D eigenvalue weighted by Gasteiger charge is 2.17. The first-order chi connectivity index (χ1) is 14.8. The zero-order valence-corrected chi connectivity index (χ0v) is 18.5. The number of esters is 1. The summed E-state index contributed by atoms with van der Waals surface area (Å²) in [6.45, 7) is 1.79. The van der Waals surface area contributed by atoms with E-state index in [9.17, 15) is 14.4 Å². The zero-order chi connectivity index (χ0) is 22.6. The lowest BCUT2D eigenvalue weighted by molar-refractivity contribution is -0.145. The van der Waals surface area contributed by atoms with Crippen LogP contribution in [0.3, 0.4) is 0 Å². The van der Waals surface area contributed by atoms with Crippen LogP contribution in [0.25, 0.3) is 0 Å². The van der Waals surface area contributed by atoms with Crippen molar-refractivity contribution in [2.24, 2.45) is 0 Å². The van der Waals surface area contributed by atoms with Gasteiger partial charge < -0.3 is 9.47 Å². The lowest BCUT2D eigenvalue weighted by Crippen LogP contribution is -2.47. The van der Waals surface area contributed by atoms with Gasteiger partial charge in [-0.2, -0.15) is 0 Å². The Morgan fingerprint density at radius 1 is 1.00 bits per heavy atom. The minimum atomic E-state index is -0.923. The highest BCUT2D eigenvalue weighted by molar-refractivity contribution is 6.35. The first-order valence-corrected chi connectivity index (χ1v) is 10.5. The third-order valence-corrected chi connectivity index (χ3v) is 4.69. The van der Waals surface area contributed by atoms with Gasteiger partial charge in [0.1, 0.15) is 5.75 Å². The van der Waals surface area contributed by atoms with E-state index in [2.05, 4.69) is 10.9 Å². The lowest BCUT2D eigenvalue weighted by atomic mass is 10.1. The summed E-state index contributed by atoms with van der Waals surface area (Å²) in [7, 11) is 0. The minimum Gasteiger partial charge on any atom is -0.479 e. The fraction of sp³-hybridized carbons (Fsp3) is 0.318. The molecule has 2 aromatic carbocycles. The SMILES string of the molecule is CC(Oc1ccc(Cl)cc1Cl)C(=O)NNC(=O)CCC(=O)OCCCc1ccccc1. The maximum atomic E-state index is 12.0. The number of ether oxygens (including phenoxy) is 2. The molecule has 166 valence electrons. The molecule has 0 aliphatic carbocycles. The first kappa shape index (κ1) is 24.5. The topological polar surface area (TPSA) is 93.7 Å². The van der Waals surface area contributed by atoms with Gasteiger partial charge in [0.25, 0.3) is 5.91 Å². The Kier molecular flexibility index (Phi) is 10.1. The molecule has 0 saturated heterocycles. The van der Waals surface area contributed by atoms with Gasteiger partial charge in [0.15, 0.2) is 6.10 Å². The summed E-state index contributed by atoms with van der Waals surface area (Å²) in [5.74, 6) is -1.28. The van der Waals surface area contributed by atoms with Crippen LogP contribution in [-0.2, 0) is 25.5 Å². The van der Waals surface area contributed by atoms with Crippen molar-refractivity contribution in [3.63, 3.8) is 0 Å². The molecule has 0 heterocycles. The number of hydrogen-bond acceptors (Lipinski definition) is 5. The lowest BCUT2D eigenvalue weighted by Gasteiger charge is -2.16. The molecule has 0 radical (unpaired) electrons. The summed E-state index contributed by atoms with van der Waals surface area (Å²) in [4.78, 5) is 35.6. The average Bonchev–Trinajstić information content (AvgIpc) is 2.76. The van der Waals surface area contributed by atoms with E-state index in [1.807, 2.05) is 30.3 Å². The molecule has 0 spiro atoms. The molecule has 2 rings (SSSR count). The second-order valence-electron chi connectivity index (χ2n) is 6.68. The quantitative estimate of drug-likeness (QED) is 0.315. The number of carbonyl (C=O) groups excluding carboxylic acids is 3. The molecule has 0 aromatic heterocycles. The normalized spacial score (nSPS) is 11.3. The van der Waals surface area contributed by atoms with Crippen molar-refractivity contribution < 1.29 is 23.9 Å². The summed E-state index contributed by atoms with van der Waals surface area (Å²) in [5, 5.41) is 0.704. The van der Waals surface area contributed by atoms with Gasteiger partial charge in [-0.15, -0.1) is 0 Å². The Hall–Kier alpha value is -2.77. The minimum absolute atomic E-state index is 0.0839. The summed E-state index contributed by atoms with van der Waals surface area (Å²) in [5.41, 5.74) is 5.65. The van der Waals surface area contributed by atoms with Gasteiger partial charge in [0, 0.05) is 11.4 Å². The predicted octanol–water partition coefficient (Wildman–Crippen LogP) is 3.86. The van der Waals surface area contributed by atoms with E-state index in [-0.39, 0.29) is 30.2 Å². The second-order valence-corrected chi connectivity index (χ2v) is 7.53. The molecule has 0 bridgehead atoms. The molecule has 0 saturated carbocycles. The van der Waals surface area contributed by atoms with Gasteiger partial charge in [-0.25, -0.2) is 0 Å². The van der Waals surface area contributed by atoms with Gasteiger partial charge in [-0.05, 0) is 43.5 Å². The van der Waals surface area contributed by atoms with Gasteiger partial charge in [-0.1, -0.05) is 53.5 Å². The molecule has 7 nitrogen and oxygen atoms in total. The van der Waals surface area contributed by atoms with E-state index in [1.165, 1.54) is 18.6 Å². The molecule has 9 heteroatoms. The molecule has 31 heavy (non-hydrogen) atoms. The molecular formula is C22H24Cl2N2O5. The maximum absolute atomic E-state index is 12.0. The molecule has 0 aliphatic rings. The largest absolute Gasteiger partial charge is 0.479 e. The van der Waals surface area contributed by atoms with Crippen LogP contribution in [0.15, 0.2) is 48.5 Å². The van der Waals surface area contributed by atoms with Crippen molar-refractivity contribution in [3.05, 3.63) is 64.1 Å². The molecule has 2 amide bonds. The Morgan fingerprint density at radius 3 is 2.45 bits per heavy atom. The van der Waals surface area contributed by atoms with Gasteiger partial charge >= 0.3 is 5.97 Å². The maximum Gasteiger partial charge on any atom is 0.306 e. The van der Waals surface area contributed by atoms with Crippen LogP contribution >= 0.6 is 23.2 Å². The monoisotopic (exact) mass is 466 g/mol. The Bertz CT molecular complexity index is 893. The van der Waals surface area contributed by atoms with Crippen molar-refractivity contribution in [1.82, 2.24) is 10.9 Å². The van der Waals surface area contributed by atoms with Crippen molar-refractivity contribution in [3.8, 4) is 5.75 Å². The van der Waals surface area contributed by atoms with Crippen LogP contribution in [0.2, 0.25) is 10.0 Å². The molecule has 0 fully saturated rings. The van der Waals surface area contributed by atoms with Crippen molar-refractivity contribution in [2.75, 3.05) is 6.61 Å². The van der Waals surface area contributed by atoms with Crippen molar-refractivity contribution in [2.45, 2.75) is 38.7 Å². The number of hydrogen-bond donors (Lipinski definition) is 2. The van der Waals surface area contributed by atoms with Gasteiger partial charge in [0.2, 0.25) is 5.91 Å². The van der Waals surface area contributed by atoms with E-state index in [0.29, 0.717) is 11.4 Å². The van der Waals surface area contributed by atoms with Crippen molar-refractivity contribution >= 4 is 41.0 Å². The van der Waals surface area contributed by atoms with E-state index < -0.39 is 23.9 Å². The van der Waals surface area contributed by atoms with Crippen LogP contribution in [0.1, 0.15) is 31.7 Å². The fourth-order valence-corrected chi connectivity index (χ4v) is 2.96. The summed E-state index contributed by atoms with van der Waals surface area (Å²) in [6.07, 6.45) is 0.388. The van der Waals surface area contributed by atoms with Crippen LogP contribution < -0.4 is 15.6 Å². The van der Waals surface area contributed by atoms with Crippen LogP contribution in [0.4, 0.5) is 0 Å². The number of halogens is 2. The Balaban J connectivity index is 1.59. The third kappa shape index (κ3) is 9.27. The van der Waals surface area contributed by atoms with Gasteiger partial charge in [-0.3, -0.25) is 25.2 Å². The molecule has 2 aromatic rings. The molecule has 1 unspecified atom stereocenters. The number of hydrazine groups is 1. The summed E-state index contributed by atoms with van der Waals surface area (Å²) in [6, 6.07) is 14.5. The second kappa shape index (κ2) is 12.8. The number of amides is 2. The number of benzene rings is 2. The zero-order valence-electron chi connectivity index (χ0n) is 17.0. The van der Waals surface area contributed by atoms with Gasteiger partial charge in [0.05, 0.1) is 18.1 Å². The van der Waals surface area contributed by atoms with E-state index >= 15 is 0 Å². The van der Waals surface area contributed by atoms with E-state index in [1.54, 1.807) is 12.1 Å². The van der Waals surface area contributed by atoms with Crippen LogP contribution in [-0.4, -0.2) is 30.5 Å². The number of nitrogens with one attached hydrogen (secondary N) is 2. The number of rotatable bonds is 10. The summed E-state index contributed by atoms with van der Waals surface area (Å²) >= 11 is 11.8. The molecule has 2 N–H and O–H groups in total. The predicted molar refractivity (Wildman–Crippen MR) is 118 cm³/mol. The molecule has 0 aliphatic heterocycles. The number of aryl methyl sites for hydroxylation is 1. The Labute approximate surface area is 191 Å². The van der Waals surface area contributed by atoms with Crippen LogP contribution in [0.5, 0.6) is 5.75 Å². The molecular weight excluding hydrogens is 443 g/mol. The summed E-state index contributed by atoms with van der Waals surface area (Å²) < 4.78 is 10.6. The van der Waals surface area contributed by atoms with Crippen LogP contribution in [0, 0.1) is 0 Å². The van der Waals surface area contributed by atoms with E-state index in [4.69, 9.17) is 32.7 Å². The average molecular weight is 467 g/mol. The fourth-order valence-electron chi connectivity index (χ4n) is 2.50. The molecule has 1 atom stereocenters. The van der Waals surface area contributed by atoms with Crippen molar-refractivity contribution in [1.29, 1.82) is 0 Å². The standard InChI is InChI=1S/C22H24Cl2N2O5/c1-15(31-19-10-9-17(23)14-18(19)24)22(29)26-25-20(27)11-12-21(28)30-13-5-8-16-6-3-2-4-7-16/h2-4,6-7,9-10,14-15H,5,8,11-13H2,1H3,(H,25,27)(H,26,29). The first-order valence-electron chi connectivity index (χ1n) is 9.75. The van der Waals surface area contributed by atoms with E-state index in [0.717, 1.165) is 6.42 Å². The smallest absolute Gasteiger partial charge is 0.306 e. The highest BCUT2D eigenvalue weighted by Crippen LogP contribution is 2.28. The Morgan fingerprint density at radius 2 is 1.74 bits per heavy atom. The number of carbonyl (C=O) groups is 3.